The molecule has 1 unspecified atom stereocenters. The second kappa shape index (κ2) is 7.11. The maximum absolute atomic E-state index is 14.0. The van der Waals surface area contributed by atoms with Gasteiger partial charge in [-0.1, -0.05) is 12.1 Å². The van der Waals surface area contributed by atoms with Gasteiger partial charge in [-0.2, -0.15) is 13.2 Å². The zero-order chi connectivity index (χ0) is 22.5. The molecule has 0 saturated heterocycles. The monoisotopic (exact) mass is 434 g/mol. The predicted molar refractivity (Wildman–Crippen MR) is 86.3 cm³/mol. The van der Waals surface area contributed by atoms with Crippen molar-refractivity contribution in [1.82, 2.24) is 4.90 Å². The molecule has 1 N–H and O–H groups in total. The van der Waals surface area contributed by atoms with Crippen molar-refractivity contribution in [3.05, 3.63) is 64.2 Å². The van der Waals surface area contributed by atoms with Crippen molar-refractivity contribution in [2.45, 2.75) is 19.1 Å². The zero-order valence-corrected chi connectivity index (χ0v) is 14.7. The number of alkyl halides is 3. The summed E-state index contributed by atoms with van der Waals surface area (Å²) in [5.74, 6) is -13.8. The number of hydrogen-bond donors (Lipinski definition) is 1. The van der Waals surface area contributed by atoms with Gasteiger partial charge in [0, 0.05) is 0 Å². The largest absolute Gasteiger partial charge is 0.422 e. The van der Waals surface area contributed by atoms with E-state index in [1.165, 1.54) is 29.6 Å². The molecule has 12 heteroatoms. The lowest BCUT2D eigenvalue weighted by Gasteiger charge is -2.22. The molecule has 2 aromatic carbocycles. The molecule has 0 radical (unpaired) electrons. The Bertz CT molecular complexity index is 1030. The Morgan fingerprint density at radius 2 is 1.33 bits per heavy atom. The summed E-state index contributed by atoms with van der Waals surface area (Å²) in [6.45, 7) is 0.976. The van der Waals surface area contributed by atoms with Crippen LogP contribution in [0.4, 0.5) is 36.4 Å². The molecule has 30 heavy (non-hydrogen) atoms. The molecule has 5 nitrogen and oxygen atoms in total. The first-order valence-corrected chi connectivity index (χ1v) is 8.08. The van der Waals surface area contributed by atoms with Crippen molar-refractivity contribution in [2.75, 3.05) is 5.32 Å². The number of anilines is 1. The Morgan fingerprint density at radius 3 is 1.73 bits per heavy atom. The van der Waals surface area contributed by atoms with Crippen molar-refractivity contribution in [3.63, 3.8) is 0 Å². The molecule has 0 bridgehead atoms. The van der Waals surface area contributed by atoms with Crippen molar-refractivity contribution >= 4 is 23.4 Å². The Morgan fingerprint density at radius 1 is 0.900 bits per heavy atom. The van der Waals surface area contributed by atoms with Crippen molar-refractivity contribution < 1.29 is 45.1 Å². The number of amides is 3. The second-order valence-electron chi connectivity index (χ2n) is 6.19. The van der Waals surface area contributed by atoms with Gasteiger partial charge in [0.15, 0.2) is 23.3 Å². The van der Waals surface area contributed by atoms with Crippen molar-refractivity contribution in [2.24, 2.45) is 0 Å². The van der Waals surface area contributed by atoms with Crippen LogP contribution < -0.4 is 5.32 Å². The van der Waals surface area contributed by atoms with E-state index in [1.807, 2.05) is 0 Å². The SMILES string of the molecule is CC(C(=O)Nc1c(F)c(F)c(C(F)(F)F)c(F)c1F)N1C(=O)c2ccccc2C1=O. The van der Waals surface area contributed by atoms with Crippen molar-refractivity contribution in [3.8, 4) is 0 Å². The molecule has 0 spiro atoms. The zero-order valence-electron chi connectivity index (χ0n) is 14.7. The topological polar surface area (TPSA) is 66.5 Å². The van der Waals surface area contributed by atoms with Gasteiger partial charge in [0.2, 0.25) is 5.91 Å². The van der Waals surface area contributed by atoms with E-state index in [9.17, 15) is 45.1 Å². The standard InChI is InChI=1S/C18H9F7N2O3/c1-6(27-16(29)7-4-2-3-5-8(7)17(27)30)15(28)26-14-12(21)10(19)9(18(23,24)25)11(20)13(14)22/h2-6H,1H3,(H,26,28). The molecule has 2 aromatic rings. The highest BCUT2D eigenvalue weighted by Crippen LogP contribution is 2.38. The normalized spacial score (nSPS) is 14.7. The lowest BCUT2D eigenvalue weighted by atomic mass is 10.1. The number of carbonyl (C=O) groups is 3. The van der Waals surface area contributed by atoms with Crippen molar-refractivity contribution in [1.29, 1.82) is 0 Å². The van der Waals surface area contributed by atoms with Gasteiger partial charge in [-0.15, -0.1) is 0 Å². The van der Waals surface area contributed by atoms with Gasteiger partial charge >= 0.3 is 6.18 Å². The summed E-state index contributed by atoms with van der Waals surface area (Å²) in [5, 5.41) is 1.40. The smallest absolute Gasteiger partial charge is 0.319 e. The van der Waals surface area contributed by atoms with Gasteiger partial charge in [0.05, 0.1) is 11.1 Å². The molecule has 0 aromatic heterocycles. The maximum Gasteiger partial charge on any atom is 0.422 e. The van der Waals surface area contributed by atoms with Gasteiger partial charge in [0.1, 0.15) is 17.3 Å². The minimum Gasteiger partial charge on any atom is -0.319 e. The van der Waals surface area contributed by atoms with Crippen LogP contribution in [0.5, 0.6) is 0 Å². The van der Waals surface area contributed by atoms with Crippen LogP contribution in [-0.2, 0) is 11.0 Å². The summed E-state index contributed by atoms with van der Waals surface area (Å²) in [5.41, 5.74) is -4.73. The molecule has 1 aliphatic rings. The van der Waals surface area contributed by atoms with Crippen LogP contribution in [-0.4, -0.2) is 28.7 Å². The van der Waals surface area contributed by atoms with E-state index in [0.717, 1.165) is 6.92 Å². The number of rotatable bonds is 3. The van der Waals surface area contributed by atoms with Crippen LogP contribution in [0.3, 0.4) is 0 Å². The fourth-order valence-corrected chi connectivity index (χ4v) is 2.89. The number of nitrogens with one attached hydrogen (secondary N) is 1. The van der Waals surface area contributed by atoms with E-state index in [0.29, 0.717) is 4.90 Å². The van der Waals surface area contributed by atoms with Crippen LogP contribution in [0.2, 0.25) is 0 Å². The molecule has 1 aliphatic heterocycles. The van der Waals surface area contributed by atoms with E-state index < -0.39 is 64.5 Å². The van der Waals surface area contributed by atoms with E-state index in [1.54, 1.807) is 0 Å². The molecule has 0 saturated carbocycles. The molecule has 158 valence electrons. The Balaban J connectivity index is 1.94. The summed E-state index contributed by atoms with van der Waals surface area (Å²) >= 11 is 0. The van der Waals surface area contributed by atoms with Crippen LogP contribution in [0.1, 0.15) is 33.2 Å². The van der Waals surface area contributed by atoms with E-state index in [2.05, 4.69) is 0 Å². The van der Waals surface area contributed by atoms with Gasteiger partial charge in [-0.25, -0.2) is 17.6 Å². The van der Waals surface area contributed by atoms with Gasteiger partial charge in [0.25, 0.3) is 11.8 Å². The Kier molecular flexibility index (Phi) is 5.04. The third kappa shape index (κ3) is 3.17. The number of fused-ring (bicyclic) bond motifs is 1. The van der Waals surface area contributed by atoms with Gasteiger partial charge in [-0.05, 0) is 19.1 Å². The number of hydrogen-bond acceptors (Lipinski definition) is 3. The third-order valence-corrected chi connectivity index (χ3v) is 4.39. The molecule has 1 atom stereocenters. The summed E-state index contributed by atoms with van der Waals surface area (Å²) in [6.07, 6.45) is -5.74. The highest BCUT2D eigenvalue weighted by molar-refractivity contribution is 6.23. The van der Waals surface area contributed by atoms with Crippen LogP contribution in [0.25, 0.3) is 0 Å². The molecule has 1 heterocycles. The first-order valence-electron chi connectivity index (χ1n) is 8.08. The lowest BCUT2D eigenvalue weighted by molar-refractivity contribution is -0.143. The molecule has 3 rings (SSSR count). The summed E-state index contributed by atoms with van der Waals surface area (Å²) in [4.78, 5) is 37.4. The predicted octanol–water partition coefficient (Wildman–Crippen LogP) is 3.89. The number of benzene rings is 2. The Labute approximate surface area is 163 Å². The highest BCUT2D eigenvalue weighted by atomic mass is 19.4. The number of imide groups is 1. The second-order valence-corrected chi connectivity index (χ2v) is 6.19. The summed E-state index contributed by atoms with van der Waals surface area (Å²) < 4.78 is 93.2. The first-order chi connectivity index (χ1) is 13.9. The molecular weight excluding hydrogens is 425 g/mol. The Hall–Kier alpha value is -3.44. The fourth-order valence-electron chi connectivity index (χ4n) is 2.89. The summed E-state index contributed by atoms with van der Waals surface area (Å²) in [6, 6.07) is 3.75. The van der Waals surface area contributed by atoms with Crippen LogP contribution in [0.15, 0.2) is 24.3 Å². The van der Waals surface area contributed by atoms with E-state index >= 15 is 0 Å². The summed E-state index contributed by atoms with van der Waals surface area (Å²) in [7, 11) is 0. The third-order valence-electron chi connectivity index (χ3n) is 4.39. The van der Waals surface area contributed by atoms with E-state index in [4.69, 9.17) is 0 Å². The molecule has 0 fully saturated rings. The fraction of sp³-hybridized carbons (Fsp3) is 0.167. The van der Waals surface area contributed by atoms with E-state index in [-0.39, 0.29) is 11.1 Å². The minimum absolute atomic E-state index is 0.0499. The molecular formula is C18H9F7N2O3. The maximum atomic E-state index is 14.0. The number of carbonyl (C=O) groups excluding carboxylic acids is 3. The molecule has 3 amide bonds. The lowest BCUT2D eigenvalue weighted by Crippen LogP contribution is -2.45. The first kappa shape index (κ1) is 21.3. The van der Waals surface area contributed by atoms with Gasteiger partial charge in [-0.3, -0.25) is 19.3 Å². The quantitative estimate of drug-likeness (QED) is 0.453. The average molecular weight is 434 g/mol. The molecule has 0 aliphatic carbocycles. The average Bonchev–Trinajstić information content (AvgIpc) is 2.93. The van der Waals surface area contributed by atoms with Gasteiger partial charge < -0.3 is 5.32 Å². The number of halogens is 7. The highest BCUT2D eigenvalue weighted by Gasteiger charge is 2.44. The minimum atomic E-state index is -5.74. The van der Waals surface area contributed by atoms with Crippen LogP contribution >= 0.6 is 0 Å². The van der Waals surface area contributed by atoms with Crippen LogP contribution in [0, 0.1) is 23.3 Å². The number of nitrogens with zero attached hydrogens (tertiary/aromatic N) is 1.